The number of thioether (sulfide) groups is 1. The molecule has 0 bridgehead atoms. The molecule has 0 atom stereocenters. The van der Waals surface area contributed by atoms with Crippen molar-refractivity contribution < 1.29 is 14.6 Å². The van der Waals surface area contributed by atoms with Crippen molar-refractivity contribution in [1.82, 2.24) is 9.97 Å². The topological polar surface area (TPSA) is 72.3 Å². The van der Waals surface area contributed by atoms with E-state index in [1.165, 1.54) is 18.0 Å². The normalized spacial score (nSPS) is 10.2. The van der Waals surface area contributed by atoms with E-state index in [1.807, 2.05) is 31.4 Å². The highest BCUT2D eigenvalue weighted by atomic mass is 32.2. The molecule has 2 aromatic rings. The number of rotatable bonds is 4. The lowest BCUT2D eigenvalue weighted by Gasteiger charge is -2.10. The van der Waals surface area contributed by atoms with Crippen molar-refractivity contribution >= 4 is 17.7 Å². The Balaban J connectivity index is 2.43. The molecule has 0 aliphatic carbocycles. The van der Waals surface area contributed by atoms with Crippen LogP contribution in [0, 0.1) is 6.92 Å². The van der Waals surface area contributed by atoms with Gasteiger partial charge in [0.25, 0.3) is 0 Å². The molecule has 1 aromatic carbocycles. The minimum atomic E-state index is -1.11. The van der Waals surface area contributed by atoms with Crippen molar-refractivity contribution in [2.75, 3.05) is 6.26 Å². The van der Waals surface area contributed by atoms with Gasteiger partial charge in [-0.15, -0.1) is 0 Å². The highest BCUT2D eigenvalue weighted by Gasteiger charge is 2.16. The third kappa shape index (κ3) is 3.03. The maximum Gasteiger partial charge on any atom is 0.342 e. The Bertz CT molecular complexity index is 617. The predicted octanol–water partition coefficient (Wildman–Crippen LogP) is 3.00. The molecule has 1 N–H and O–H groups in total. The smallest absolute Gasteiger partial charge is 0.342 e. The number of carboxylic acid groups (broad SMARTS) is 1. The number of carboxylic acids is 1. The second-order valence-electron chi connectivity index (χ2n) is 3.75. The van der Waals surface area contributed by atoms with E-state index >= 15 is 0 Å². The number of aromatic carboxylic acids is 1. The summed E-state index contributed by atoms with van der Waals surface area (Å²) in [5.41, 5.74) is 0.851. The van der Waals surface area contributed by atoms with Gasteiger partial charge in [-0.25, -0.2) is 9.78 Å². The van der Waals surface area contributed by atoms with E-state index in [9.17, 15) is 4.79 Å². The lowest BCUT2D eigenvalue weighted by molar-refractivity contribution is 0.0692. The summed E-state index contributed by atoms with van der Waals surface area (Å²) in [6.45, 7) is 1.88. The zero-order chi connectivity index (χ0) is 13.8. The number of hydrogen-bond donors (Lipinski definition) is 1. The van der Waals surface area contributed by atoms with Gasteiger partial charge in [-0.3, -0.25) is 0 Å². The Kier molecular flexibility index (Phi) is 4.01. The fourth-order valence-electron chi connectivity index (χ4n) is 1.45. The standard InChI is InChI=1S/C13H12N2O3S/c1-8-5-3-4-6-10(8)18-11-9(12(16)17)7-14-13(15-11)19-2/h3-7H,1-2H3,(H,16,17). The number of aryl methyl sites for hydroxylation is 1. The van der Waals surface area contributed by atoms with E-state index in [4.69, 9.17) is 9.84 Å². The average Bonchev–Trinajstić information content (AvgIpc) is 2.41. The molecule has 98 valence electrons. The van der Waals surface area contributed by atoms with Gasteiger partial charge >= 0.3 is 5.97 Å². The number of benzene rings is 1. The van der Waals surface area contributed by atoms with Crippen LogP contribution in [-0.2, 0) is 0 Å². The van der Waals surface area contributed by atoms with Crippen LogP contribution in [0.4, 0.5) is 0 Å². The van der Waals surface area contributed by atoms with E-state index in [-0.39, 0.29) is 11.4 Å². The molecule has 0 radical (unpaired) electrons. The van der Waals surface area contributed by atoms with Crippen LogP contribution in [0.25, 0.3) is 0 Å². The van der Waals surface area contributed by atoms with Crippen molar-refractivity contribution in [2.24, 2.45) is 0 Å². The third-order valence-corrected chi connectivity index (χ3v) is 3.01. The number of aromatic nitrogens is 2. The first-order valence-corrected chi connectivity index (χ1v) is 6.72. The highest BCUT2D eigenvalue weighted by molar-refractivity contribution is 7.98. The quantitative estimate of drug-likeness (QED) is 0.683. The van der Waals surface area contributed by atoms with Gasteiger partial charge in [0.15, 0.2) is 5.16 Å². The fourth-order valence-corrected chi connectivity index (χ4v) is 1.78. The second kappa shape index (κ2) is 5.71. The SMILES string of the molecule is CSc1ncc(C(=O)O)c(Oc2ccccc2C)n1. The van der Waals surface area contributed by atoms with Crippen LogP contribution in [0.3, 0.4) is 0 Å². The van der Waals surface area contributed by atoms with Crippen molar-refractivity contribution in [1.29, 1.82) is 0 Å². The lowest BCUT2D eigenvalue weighted by atomic mass is 10.2. The molecule has 0 aliphatic heterocycles. The van der Waals surface area contributed by atoms with Crippen LogP contribution in [-0.4, -0.2) is 27.3 Å². The summed E-state index contributed by atoms with van der Waals surface area (Å²) in [6.07, 6.45) is 3.07. The fraction of sp³-hybridized carbons (Fsp3) is 0.154. The maximum atomic E-state index is 11.1. The van der Waals surface area contributed by atoms with Crippen LogP contribution in [0.5, 0.6) is 11.6 Å². The molecule has 0 unspecified atom stereocenters. The van der Waals surface area contributed by atoms with E-state index in [2.05, 4.69) is 9.97 Å². The molecular formula is C13H12N2O3S. The Hall–Kier alpha value is -2.08. The highest BCUT2D eigenvalue weighted by Crippen LogP contribution is 2.27. The predicted molar refractivity (Wildman–Crippen MR) is 72.0 cm³/mol. The summed E-state index contributed by atoms with van der Waals surface area (Å²) in [6, 6.07) is 7.35. The van der Waals surface area contributed by atoms with Crippen molar-refractivity contribution in [3.63, 3.8) is 0 Å². The van der Waals surface area contributed by atoms with E-state index in [0.29, 0.717) is 10.9 Å². The first-order chi connectivity index (χ1) is 9.11. The van der Waals surface area contributed by atoms with E-state index in [0.717, 1.165) is 5.56 Å². The molecule has 1 heterocycles. The summed E-state index contributed by atoms with van der Waals surface area (Å²) in [4.78, 5) is 19.2. The van der Waals surface area contributed by atoms with Gasteiger partial charge in [0.05, 0.1) is 0 Å². The largest absolute Gasteiger partial charge is 0.477 e. The van der Waals surface area contributed by atoms with Crippen LogP contribution in [0.1, 0.15) is 15.9 Å². The average molecular weight is 276 g/mol. The van der Waals surface area contributed by atoms with Gasteiger partial charge in [-0.05, 0) is 24.8 Å². The Morgan fingerprint density at radius 3 is 2.74 bits per heavy atom. The zero-order valence-corrected chi connectivity index (χ0v) is 11.3. The van der Waals surface area contributed by atoms with E-state index in [1.54, 1.807) is 6.07 Å². The first kappa shape index (κ1) is 13.4. The Morgan fingerprint density at radius 2 is 2.11 bits per heavy atom. The summed E-state index contributed by atoms with van der Waals surface area (Å²) in [5.74, 6) is -0.479. The van der Waals surface area contributed by atoms with Crippen LogP contribution in [0.15, 0.2) is 35.6 Å². The lowest BCUT2D eigenvalue weighted by Crippen LogP contribution is -2.04. The Morgan fingerprint density at radius 1 is 1.37 bits per heavy atom. The van der Waals surface area contributed by atoms with Gasteiger partial charge in [-0.1, -0.05) is 30.0 Å². The number of ether oxygens (including phenoxy) is 1. The summed E-state index contributed by atoms with van der Waals surface area (Å²) < 4.78 is 5.60. The van der Waals surface area contributed by atoms with Crippen LogP contribution >= 0.6 is 11.8 Å². The molecule has 0 amide bonds. The molecule has 0 fully saturated rings. The molecule has 0 aliphatic rings. The van der Waals surface area contributed by atoms with Gasteiger partial charge in [0.2, 0.25) is 5.88 Å². The number of nitrogens with zero attached hydrogens (tertiary/aromatic N) is 2. The molecule has 0 saturated carbocycles. The summed E-state index contributed by atoms with van der Waals surface area (Å²) in [7, 11) is 0. The molecule has 0 saturated heterocycles. The van der Waals surface area contributed by atoms with Gasteiger partial charge < -0.3 is 9.84 Å². The molecular weight excluding hydrogens is 264 g/mol. The first-order valence-electron chi connectivity index (χ1n) is 5.49. The van der Waals surface area contributed by atoms with E-state index < -0.39 is 5.97 Å². The van der Waals surface area contributed by atoms with Gasteiger partial charge in [0.1, 0.15) is 11.3 Å². The van der Waals surface area contributed by atoms with Gasteiger partial charge in [-0.2, -0.15) is 4.98 Å². The number of carbonyl (C=O) groups is 1. The molecule has 2 rings (SSSR count). The third-order valence-electron chi connectivity index (χ3n) is 2.44. The van der Waals surface area contributed by atoms with Gasteiger partial charge in [0, 0.05) is 6.20 Å². The van der Waals surface area contributed by atoms with Crippen molar-refractivity contribution in [3.8, 4) is 11.6 Å². The summed E-state index contributed by atoms with van der Waals surface area (Å²) >= 11 is 1.32. The minimum absolute atomic E-state index is 0.0546. The maximum absolute atomic E-state index is 11.1. The van der Waals surface area contributed by atoms with Crippen LogP contribution < -0.4 is 4.74 Å². The molecule has 6 heteroatoms. The van der Waals surface area contributed by atoms with Crippen LogP contribution in [0.2, 0.25) is 0 Å². The monoisotopic (exact) mass is 276 g/mol. The molecule has 1 aromatic heterocycles. The molecule has 0 spiro atoms. The van der Waals surface area contributed by atoms with Crippen molar-refractivity contribution in [3.05, 3.63) is 41.6 Å². The second-order valence-corrected chi connectivity index (χ2v) is 4.52. The number of hydrogen-bond acceptors (Lipinski definition) is 5. The number of para-hydroxylation sites is 1. The molecule has 19 heavy (non-hydrogen) atoms. The molecule has 5 nitrogen and oxygen atoms in total. The zero-order valence-electron chi connectivity index (χ0n) is 10.5. The Labute approximate surface area is 114 Å². The van der Waals surface area contributed by atoms with Crippen molar-refractivity contribution in [2.45, 2.75) is 12.1 Å². The summed E-state index contributed by atoms with van der Waals surface area (Å²) in [5, 5.41) is 9.58. The minimum Gasteiger partial charge on any atom is -0.477 e.